The Morgan fingerprint density at radius 1 is 1.37 bits per heavy atom. The zero-order valence-corrected chi connectivity index (χ0v) is 21.5. The fourth-order valence-corrected chi connectivity index (χ4v) is 5.54. The van der Waals surface area contributed by atoms with Gasteiger partial charge in [-0.15, -0.1) is 0 Å². The molecule has 0 radical (unpaired) electrons. The molecule has 0 bridgehead atoms. The van der Waals surface area contributed by atoms with E-state index in [4.69, 9.17) is 24.3 Å². The highest BCUT2D eigenvalue weighted by Crippen LogP contribution is 2.47. The number of carbonyl (C=O) groups excluding carboxylic acids is 1. The Morgan fingerprint density at radius 2 is 2.11 bits per heavy atom. The van der Waals surface area contributed by atoms with Crippen LogP contribution in [-0.2, 0) is 29.0 Å². The quantitative estimate of drug-likeness (QED) is 0.252. The number of nitrogens with two attached hydrogens (primary N) is 1. The van der Waals surface area contributed by atoms with E-state index in [1.54, 1.807) is 37.3 Å². The summed E-state index contributed by atoms with van der Waals surface area (Å²) >= 11 is 0. The Hall–Kier alpha value is -3.53. The zero-order chi connectivity index (χ0) is 27.5. The second-order valence-corrected chi connectivity index (χ2v) is 10.2. The lowest BCUT2D eigenvalue weighted by atomic mass is 9.94. The number of aliphatic hydroxyl groups is 1. The molecule has 12 nitrogen and oxygen atoms in total. The van der Waals surface area contributed by atoms with Crippen molar-refractivity contribution < 1.29 is 37.4 Å². The van der Waals surface area contributed by atoms with E-state index in [0.29, 0.717) is 11.2 Å². The number of nitrogens with zero attached hydrogens (tertiary/aromatic N) is 3. The number of anilines is 1. The van der Waals surface area contributed by atoms with Crippen molar-refractivity contribution in [1.29, 1.82) is 5.26 Å². The van der Waals surface area contributed by atoms with Crippen molar-refractivity contribution in [1.82, 2.24) is 14.7 Å². The first-order valence-corrected chi connectivity index (χ1v) is 13.3. The number of halogens is 1. The van der Waals surface area contributed by atoms with Crippen LogP contribution in [0.25, 0.3) is 5.52 Å². The van der Waals surface area contributed by atoms with Gasteiger partial charge in [0.15, 0.2) is 6.17 Å². The number of rotatable bonds is 10. The Bertz CT molecular complexity index is 1380. The van der Waals surface area contributed by atoms with Crippen LogP contribution in [-0.4, -0.2) is 58.3 Å². The Labute approximate surface area is 217 Å². The van der Waals surface area contributed by atoms with Crippen molar-refractivity contribution in [3.63, 3.8) is 0 Å². The van der Waals surface area contributed by atoms with E-state index in [2.05, 4.69) is 10.2 Å². The standard InChI is InChI=1S/C24H27FN5O7P/c1-3-34-23(32)15(2)29-38(33,37-16-7-5-4-6-8-16)35-13-19-21(31)22(25)24(14-26,36-19)20-10-9-18-17(27)11-12-28-30(18)20/h4-12,15,19,21-22,31H,3,13,27H2,1-2H3,(H,29,33)/t15-,19+,21+,22+,24-,38?/m0/s1. The molecule has 4 N–H and O–H groups in total. The van der Waals surface area contributed by atoms with Crippen molar-refractivity contribution in [2.24, 2.45) is 0 Å². The fraction of sp³-hybridized carbons (Fsp3) is 0.375. The van der Waals surface area contributed by atoms with Gasteiger partial charge in [-0.05, 0) is 44.2 Å². The second kappa shape index (κ2) is 11.1. The minimum atomic E-state index is -4.31. The van der Waals surface area contributed by atoms with Gasteiger partial charge in [-0.3, -0.25) is 9.32 Å². The monoisotopic (exact) mass is 547 g/mol. The third kappa shape index (κ3) is 5.22. The van der Waals surface area contributed by atoms with E-state index in [0.717, 1.165) is 0 Å². The summed E-state index contributed by atoms with van der Waals surface area (Å²) in [6.07, 6.45) is -4.12. The highest BCUT2D eigenvalue weighted by molar-refractivity contribution is 7.52. The molecule has 1 aliphatic rings. The van der Waals surface area contributed by atoms with Crippen molar-refractivity contribution in [2.45, 2.75) is 43.9 Å². The van der Waals surface area contributed by atoms with E-state index in [9.17, 15) is 19.7 Å². The van der Waals surface area contributed by atoms with Crippen LogP contribution in [0.3, 0.4) is 0 Å². The third-order valence-corrected chi connectivity index (χ3v) is 7.55. The molecule has 38 heavy (non-hydrogen) atoms. The minimum absolute atomic E-state index is 0.00845. The average Bonchev–Trinajstić information content (AvgIpc) is 3.44. The summed E-state index contributed by atoms with van der Waals surface area (Å²) < 4.78 is 52.2. The van der Waals surface area contributed by atoms with Crippen molar-refractivity contribution in [3.05, 3.63) is 60.4 Å². The largest absolute Gasteiger partial charge is 0.465 e. The lowest BCUT2D eigenvalue weighted by Gasteiger charge is -2.25. The molecular weight excluding hydrogens is 520 g/mol. The van der Waals surface area contributed by atoms with Gasteiger partial charge < -0.3 is 24.8 Å². The predicted octanol–water partition coefficient (Wildman–Crippen LogP) is 2.48. The summed E-state index contributed by atoms with van der Waals surface area (Å²) in [5.74, 6) is -0.547. The lowest BCUT2D eigenvalue weighted by Crippen LogP contribution is -2.38. The highest BCUT2D eigenvalue weighted by Gasteiger charge is 2.59. The van der Waals surface area contributed by atoms with Crippen LogP contribution in [0.2, 0.25) is 0 Å². The third-order valence-electron chi connectivity index (χ3n) is 5.91. The summed E-state index contributed by atoms with van der Waals surface area (Å²) in [6, 6.07) is 13.2. The number of carbonyl (C=O) groups is 1. The molecule has 0 aliphatic carbocycles. The van der Waals surface area contributed by atoms with Crippen LogP contribution >= 0.6 is 7.75 Å². The Balaban J connectivity index is 1.58. The van der Waals surface area contributed by atoms with Crippen LogP contribution in [0.4, 0.5) is 10.1 Å². The molecule has 1 saturated heterocycles. The minimum Gasteiger partial charge on any atom is -0.465 e. The van der Waals surface area contributed by atoms with E-state index in [1.807, 2.05) is 6.07 Å². The van der Waals surface area contributed by atoms with Crippen LogP contribution in [0.5, 0.6) is 5.75 Å². The molecule has 1 unspecified atom stereocenters. The van der Waals surface area contributed by atoms with Crippen LogP contribution in [0, 0.1) is 11.3 Å². The van der Waals surface area contributed by atoms with Gasteiger partial charge in [0.1, 0.15) is 30.1 Å². The maximum absolute atomic E-state index is 15.5. The van der Waals surface area contributed by atoms with Gasteiger partial charge in [-0.2, -0.15) is 15.4 Å². The Morgan fingerprint density at radius 3 is 2.79 bits per heavy atom. The number of ether oxygens (including phenoxy) is 2. The SMILES string of the molecule is CCOC(=O)[C@H](C)NP(=O)(OC[C@H]1O[C@@](C#N)(c2ccc3c(N)ccnn23)[C@H](F)[C@@H]1O)Oc1ccccc1. The summed E-state index contributed by atoms with van der Waals surface area (Å²) in [5, 5.41) is 27.3. The van der Waals surface area contributed by atoms with E-state index >= 15 is 4.39 Å². The number of benzene rings is 1. The number of para-hydroxylation sites is 1. The van der Waals surface area contributed by atoms with Gasteiger partial charge in [0, 0.05) is 6.20 Å². The second-order valence-electron chi connectivity index (χ2n) is 8.50. The molecule has 1 fully saturated rings. The molecule has 6 atom stereocenters. The number of esters is 1. The Kier molecular flexibility index (Phi) is 8.01. The lowest BCUT2D eigenvalue weighted by molar-refractivity contribution is -0.144. The number of nitrogens with one attached hydrogen (secondary N) is 1. The molecule has 1 aliphatic heterocycles. The van der Waals surface area contributed by atoms with E-state index < -0.39 is 50.3 Å². The molecule has 0 saturated carbocycles. The van der Waals surface area contributed by atoms with Crippen LogP contribution in [0.15, 0.2) is 54.7 Å². The number of hydrogen-bond acceptors (Lipinski definition) is 10. The number of fused-ring (bicyclic) bond motifs is 1. The number of aliphatic hydroxyl groups excluding tert-OH is 1. The van der Waals surface area contributed by atoms with Gasteiger partial charge in [0.25, 0.3) is 0 Å². The maximum Gasteiger partial charge on any atom is 0.459 e. The predicted molar refractivity (Wildman–Crippen MR) is 133 cm³/mol. The van der Waals surface area contributed by atoms with Crippen molar-refractivity contribution in [3.8, 4) is 11.8 Å². The van der Waals surface area contributed by atoms with Gasteiger partial charge in [-0.25, -0.2) is 13.5 Å². The zero-order valence-electron chi connectivity index (χ0n) is 20.6. The molecular formula is C24H27FN5O7P. The van der Waals surface area contributed by atoms with E-state index in [1.165, 1.54) is 35.8 Å². The first kappa shape index (κ1) is 27.5. The summed E-state index contributed by atoms with van der Waals surface area (Å²) in [5.41, 5.74) is 4.45. The van der Waals surface area contributed by atoms with Gasteiger partial charge in [0.05, 0.1) is 30.1 Å². The van der Waals surface area contributed by atoms with Crippen molar-refractivity contribution >= 4 is 24.9 Å². The average molecular weight is 547 g/mol. The van der Waals surface area contributed by atoms with Crippen molar-refractivity contribution in [2.75, 3.05) is 18.9 Å². The number of nitriles is 1. The molecule has 1 aromatic carbocycles. The van der Waals surface area contributed by atoms with Gasteiger partial charge in [-0.1, -0.05) is 18.2 Å². The molecule has 2 aromatic heterocycles. The normalized spacial score (nSPS) is 25.4. The topological polar surface area (TPSA) is 170 Å². The van der Waals surface area contributed by atoms with Crippen LogP contribution < -0.4 is 15.3 Å². The highest BCUT2D eigenvalue weighted by atomic mass is 31.2. The summed E-state index contributed by atoms with van der Waals surface area (Å²) in [4.78, 5) is 12.1. The van der Waals surface area contributed by atoms with Gasteiger partial charge in [0.2, 0.25) is 5.60 Å². The molecule has 0 amide bonds. The molecule has 4 rings (SSSR count). The molecule has 202 valence electrons. The van der Waals surface area contributed by atoms with Gasteiger partial charge >= 0.3 is 13.7 Å². The van der Waals surface area contributed by atoms with Crippen LogP contribution in [0.1, 0.15) is 19.5 Å². The fourth-order valence-electron chi connectivity index (χ4n) is 4.04. The van der Waals surface area contributed by atoms with E-state index in [-0.39, 0.29) is 18.1 Å². The molecule has 0 spiro atoms. The number of hydrogen-bond donors (Lipinski definition) is 3. The summed E-state index contributed by atoms with van der Waals surface area (Å²) in [6.45, 7) is 2.46. The molecule has 3 aromatic rings. The molecule has 3 heterocycles. The first-order valence-electron chi connectivity index (χ1n) is 11.7. The smallest absolute Gasteiger partial charge is 0.459 e. The maximum atomic E-state index is 15.5. The first-order chi connectivity index (χ1) is 18.1. The number of aromatic nitrogens is 2. The summed E-state index contributed by atoms with van der Waals surface area (Å²) in [7, 11) is -4.31. The number of alkyl halides is 1. The molecule has 14 heteroatoms. The number of nitrogen functional groups attached to an aromatic ring is 1.